The Morgan fingerprint density at radius 3 is 2.12 bits per heavy atom. The molecule has 1 aromatic rings. The van der Waals surface area contributed by atoms with Crippen LogP contribution in [0.5, 0.6) is 0 Å². The Kier molecular flexibility index (Phi) is 4.85. The predicted octanol–water partition coefficient (Wildman–Crippen LogP) is 5.69. The lowest BCUT2D eigenvalue weighted by Crippen LogP contribution is -1.63. The minimum Gasteiger partial charge on any atom is -0.141 e. The number of aryl methyl sites for hydroxylation is 1. The smallest absolute Gasteiger partial charge is 0.0657 e. The zero-order valence-electron chi connectivity index (χ0n) is 9.27. The van der Waals surface area contributed by atoms with E-state index in [0.29, 0.717) is 0 Å². The van der Waals surface area contributed by atoms with Gasteiger partial charge >= 0.3 is 0 Å². The van der Waals surface area contributed by atoms with E-state index in [0.717, 1.165) is 0 Å². The Balaban J connectivity index is 2.13. The van der Waals surface area contributed by atoms with Crippen LogP contribution in [0.15, 0.2) is 24.8 Å². The van der Waals surface area contributed by atoms with Gasteiger partial charge in [-0.2, -0.15) is 0 Å². The van der Waals surface area contributed by atoms with Crippen LogP contribution >= 0.6 is 58.4 Å². The second-order valence-corrected chi connectivity index (χ2v) is 8.93. The van der Waals surface area contributed by atoms with E-state index in [1.807, 2.05) is 58.4 Å². The minimum atomic E-state index is 1.36. The van der Waals surface area contributed by atoms with Crippen LogP contribution in [0.25, 0.3) is 6.08 Å². The summed E-state index contributed by atoms with van der Waals surface area (Å²) in [5.41, 5.74) is 0. The average Bonchev–Trinajstić information content (AvgIpc) is 2.85. The Hall–Kier alpha value is 0.580. The summed E-state index contributed by atoms with van der Waals surface area (Å²) in [5.74, 6) is 0. The van der Waals surface area contributed by atoms with Crippen molar-refractivity contribution in [2.75, 3.05) is 12.5 Å². The molecule has 0 saturated carbocycles. The van der Waals surface area contributed by atoms with E-state index < -0.39 is 0 Å². The van der Waals surface area contributed by atoms with Gasteiger partial charge in [-0.1, -0.05) is 23.5 Å². The quantitative estimate of drug-likeness (QED) is 0.703. The van der Waals surface area contributed by atoms with Gasteiger partial charge in [-0.15, -0.1) is 34.9 Å². The third-order valence-corrected chi connectivity index (χ3v) is 7.98. The number of thioether (sulfide) groups is 4. The van der Waals surface area contributed by atoms with Crippen molar-refractivity contribution >= 4 is 64.5 Å². The molecule has 1 aliphatic heterocycles. The molecule has 16 heavy (non-hydrogen) atoms. The van der Waals surface area contributed by atoms with Crippen molar-refractivity contribution in [1.82, 2.24) is 0 Å². The summed E-state index contributed by atoms with van der Waals surface area (Å²) in [6.45, 7) is 2.15. The van der Waals surface area contributed by atoms with Crippen molar-refractivity contribution in [2.45, 2.75) is 6.92 Å². The predicted molar refractivity (Wildman–Crippen MR) is 86.3 cm³/mol. The van der Waals surface area contributed by atoms with E-state index in [1.54, 1.807) is 0 Å². The van der Waals surface area contributed by atoms with Crippen LogP contribution in [0.4, 0.5) is 0 Å². The first-order chi connectivity index (χ1) is 7.72. The molecule has 0 aliphatic carbocycles. The van der Waals surface area contributed by atoms with Crippen molar-refractivity contribution in [3.63, 3.8) is 0 Å². The highest BCUT2D eigenvalue weighted by molar-refractivity contribution is 8.40. The van der Waals surface area contributed by atoms with Crippen LogP contribution in [0.3, 0.4) is 0 Å². The normalized spacial score (nSPS) is 16.1. The molecule has 0 aromatic carbocycles. The maximum absolute atomic E-state index is 2.30. The third-order valence-electron chi connectivity index (χ3n) is 1.95. The molecule has 0 saturated heterocycles. The molecule has 0 bridgehead atoms. The molecule has 5 heteroatoms. The largest absolute Gasteiger partial charge is 0.141 e. The molecular formula is C11H12S5. The van der Waals surface area contributed by atoms with Crippen LogP contribution in [-0.2, 0) is 0 Å². The SMILES string of the molecule is CSC1=C(SC)SC(=Cc2ccc(C)s2)S1. The van der Waals surface area contributed by atoms with Crippen molar-refractivity contribution in [1.29, 1.82) is 0 Å². The Morgan fingerprint density at radius 1 is 1.06 bits per heavy atom. The summed E-state index contributed by atoms with van der Waals surface area (Å²) in [4.78, 5) is 2.73. The van der Waals surface area contributed by atoms with Gasteiger partial charge in [0.1, 0.15) is 0 Å². The van der Waals surface area contributed by atoms with Crippen molar-refractivity contribution in [2.24, 2.45) is 0 Å². The topological polar surface area (TPSA) is 0 Å². The number of hydrogen-bond acceptors (Lipinski definition) is 5. The molecule has 2 heterocycles. The molecule has 1 aliphatic rings. The van der Waals surface area contributed by atoms with E-state index in [-0.39, 0.29) is 0 Å². The van der Waals surface area contributed by atoms with Gasteiger partial charge in [0.05, 0.1) is 12.7 Å². The van der Waals surface area contributed by atoms with Gasteiger partial charge in [-0.25, -0.2) is 0 Å². The number of rotatable bonds is 3. The fourth-order valence-corrected chi connectivity index (χ4v) is 7.14. The van der Waals surface area contributed by atoms with Crippen molar-refractivity contribution < 1.29 is 0 Å². The Morgan fingerprint density at radius 2 is 1.69 bits per heavy atom. The zero-order chi connectivity index (χ0) is 11.5. The molecule has 86 valence electrons. The van der Waals surface area contributed by atoms with Crippen molar-refractivity contribution in [3.8, 4) is 0 Å². The van der Waals surface area contributed by atoms with E-state index >= 15 is 0 Å². The summed E-state index contributed by atoms with van der Waals surface area (Å²) >= 11 is 9.35. The molecular weight excluding hydrogens is 292 g/mol. The van der Waals surface area contributed by atoms with Gasteiger partial charge < -0.3 is 0 Å². The van der Waals surface area contributed by atoms with Crippen molar-refractivity contribution in [3.05, 3.63) is 34.6 Å². The first kappa shape index (κ1) is 13.0. The van der Waals surface area contributed by atoms with Gasteiger partial charge in [0.2, 0.25) is 0 Å². The second kappa shape index (κ2) is 5.96. The van der Waals surface area contributed by atoms with Crippen LogP contribution in [0, 0.1) is 6.92 Å². The fraction of sp³-hybridized carbons (Fsp3) is 0.273. The van der Waals surface area contributed by atoms with Crippen LogP contribution in [0.1, 0.15) is 9.75 Å². The fourth-order valence-electron chi connectivity index (χ4n) is 1.24. The maximum atomic E-state index is 2.30. The van der Waals surface area contributed by atoms with Gasteiger partial charge in [0.15, 0.2) is 0 Å². The molecule has 0 unspecified atom stereocenters. The summed E-state index contributed by atoms with van der Waals surface area (Å²) in [6, 6.07) is 4.38. The van der Waals surface area contributed by atoms with E-state index in [2.05, 4.69) is 37.6 Å². The van der Waals surface area contributed by atoms with Gasteiger partial charge in [0, 0.05) is 9.75 Å². The molecule has 0 spiro atoms. The van der Waals surface area contributed by atoms with Gasteiger partial charge in [-0.05, 0) is 37.6 Å². The second-order valence-electron chi connectivity index (χ2n) is 3.10. The zero-order valence-corrected chi connectivity index (χ0v) is 13.4. The maximum Gasteiger partial charge on any atom is 0.0657 e. The molecule has 1 aromatic heterocycles. The first-order valence-electron chi connectivity index (χ1n) is 4.69. The number of thiophene rings is 1. The first-order valence-corrected chi connectivity index (χ1v) is 9.59. The highest BCUT2D eigenvalue weighted by Crippen LogP contribution is 2.56. The van der Waals surface area contributed by atoms with Gasteiger partial charge in [0.25, 0.3) is 0 Å². The molecule has 0 fully saturated rings. The monoisotopic (exact) mass is 304 g/mol. The lowest BCUT2D eigenvalue weighted by molar-refractivity contribution is 1.64. The standard InChI is InChI=1S/C11H12S5/c1-7-4-5-8(14-7)6-9-15-10(12-2)11(13-3)16-9/h4-6H,1-3H3. The highest BCUT2D eigenvalue weighted by Gasteiger charge is 2.19. The summed E-state index contributed by atoms with van der Waals surface area (Å²) in [7, 11) is 0. The van der Waals surface area contributed by atoms with E-state index in [9.17, 15) is 0 Å². The Labute approximate surface area is 118 Å². The third kappa shape index (κ3) is 3.07. The lowest BCUT2D eigenvalue weighted by atomic mass is 10.4. The lowest BCUT2D eigenvalue weighted by Gasteiger charge is -1.94. The molecule has 0 N–H and O–H groups in total. The van der Waals surface area contributed by atoms with Crippen LogP contribution in [0.2, 0.25) is 0 Å². The molecule has 0 nitrogen and oxygen atoms in total. The summed E-state index contributed by atoms with van der Waals surface area (Å²) in [5, 5.41) is 0. The number of hydrogen-bond donors (Lipinski definition) is 0. The molecule has 0 atom stereocenters. The minimum absolute atomic E-state index is 1.36. The highest BCUT2D eigenvalue weighted by atomic mass is 32.3. The van der Waals surface area contributed by atoms with E-state index in [1.165, 1.54) is 22.5 Å². The molecule has 2 rings (SSSR count). The Bertz CT molecular complexity index is 423. The van der Waals surface area contributed by atoms with E-state index in [4.69, 9.17) is 0 Å². The van der Waals surface area contributed by atoms with Gasteiger partial charge in [-0.3, -0.25) is 0 Å². The van der Waals surface area contributed by atoms with Crippen LogP contribution < -0.4 is 0 Å². The average molecular weight is 305 g/mol. The summed E-state index contributed by atoms with van der Waals surface area (Å²) < 4.78 is 4.28. The van der Waals surface area contributed by atoms with Crippen LogP contribution in [-0.4, -0.2) is 12.5 Å². The summed E-state index contributed by atoms with van der Waals surface area (Å²) in [6.07, 6.45) is 6.60. The molecule has 0 radical (unpaired) electrons. The molecule has 0 amide bonds.